The maximum absolute atomic E-state index is 12.3. The molecule has 3 rings (SSSR count). The molecule has 7 nitrogen and oxygen atoms in total. The van der Waals surface area contributed by atoms with Crippen molar-refractivity contribution in [1.29, 1.82) is 0 Å². The van der Waals surface area contributed by atoms with Crippen LogP contribution in [0.1, 0.15) is 17.4 Å². The van der Waals surface area contributed by atoms with Gasteiger partial charge in [0.05, 0.1) is 11.0 Å². The predicted molar refractivity (Wildman–Crippen MR) is 91.2 cm³/mol. The number of phenolic OH excluding ortho intramolecular Hbond substituents is 1. The number of rotatable bonds is 3. The fourth-order valence-electron chi connectivity index (χ4n) is 2.36. The summed E-state index contributed by atoms with van der Waals surface area (Å²) in [6.07, 6.45) is -1.41. The second-order valence-corrected chi connectivity index (χ2v) is 5.49. The Balaban J connectivity index is 2.14. The summed E-state index contributed by atoms with van der Waals surface area (Å²) in [4.78, 5) is 19.1. The summed E-state index contributed by atoms with van der Waals surface area (Å²) >= 11 is 5.89. The number of nitrogens with one attached hydrogen (secondary N) is 1. The first kappa shape index (κ1) is 16.0. The molecule has 0 aliphatic rings. The van der Waals surface area contributed by atoms with Crippen molar-refractivity contribution < 1.29 is 10.2 Å². The Hall–Kier alpha value is -2.90. The predicted octanol–water partition coefficient (Wildman–Crippen LogP) is 1.68. The van der Waals surface area contributed by atoms with E-state index in [1.54, 1.807) is 30.3 Å². The van der Waals surface area contributed by atoms with Gasteiger partial charge in [0.2, 0.25) is 0 Å². The van der Waals surface area contributed by atoms with Crippen molar-refractivity contribution in [2.45, 2.75) is 6.10 Å². The molecule has 0 radical (unpaired) electrons. The number of hydrogen-bond donors (Lipinski definition) is 4. The van der Waals surface area contributed by atoms with E-state index in [0.717, 1.165) is 0 Å². The fourth-order valence-corrected chi connectivity index (χ4v) is 2.53. The van der Waals surface area contributed by atoms with Gasteiger partial charge in [0.1, 0.15) is 17.6 Å². The molecule has 0 saturated carbocycles. The summed E-state index contributed by atoms with van der Waals surface area (Å²) in [5.74, 6) is 5.22. The van der Waals surface area contributed by atoms with Gasteiger partial charge in [-0.05, 0) is 24.3 Å². The Morgan fingerprint density at radius 1 is 1.29 bits per heavy atom. The van der Waals surface area contributed by atoms with E-state index in [-0.39, 0.29) is 22.7 Å². The third kappa shape index (κ3) is 2.82. The molecule has 1 atom stereocenters. The molecule has 24 heavy (non-hydrogen) atoms. The number of nitrogens with zero attached hydrogens (tertiary/aromatic N) is 2. The molecule has 0 aliphatic heterocycles. The Labute approximate surface area is 141 Å². The lowest BCUT2D eigenvalue weighted by molar-refractivity contribution is 0.242. The number of aliphatic hydroxyl groups is 1. The number of para-hydroxylation sites is 1. The molecule has 122 valence electrons. The highest BCUT2D eigenvalue weighted by atomic mass is 35.5. The molecular formula is C16H13ClN4O3. The van der Waals surface area contributed by atoms with Crippen molar-refractivity contribution in [2.75, 3.05) is 0 Å². The molecule has 5 N–H and O–H groups in total. The smallest absolute Gasteiger partial charge is 0.276 e. The molecule has 1 heterocycles. The quantitative estimate of drug-likeness (QED) is 0.327. The third-order valence-corrected chi connectivity index (χ3v) is 3.76. The molecule has 0 spiro atoms. The minimum absolute atomic E-state index is 0.136. The maximum atomic E-state index is 12.3. The summed E-state index contributed by atoms with van der Waals surface area (Å²) in [5, 5.41) is 24.3. The van der Waals surface area contributed by atoms with Gasteiger partial charge in [-0.15, -0.1) is 0 Å². The first-order chi connectivity index (χ1) is 11.5. The van der Waals surface area contributed by atoms with Gasteiger partial charge in [-0.1, -0.05) is 29.8 Å². The number of benzene rings is 2. The van der Waals surface area contributed by atoms with Crippen molar-refractivity contribution in [2.24, 2.45) is 10.9 Å². The molecule has 0 aliphatic carbocycles. The Morgan fingerprint density at radius 3 is 2.75 bits per heavy atom. The molecule has 8 heteroatoms. The molecule has 1 aromatic heterocycles. The van der Waals surface area contributed by atoms with Crippen LogP contribution in [0.2, 0.25) is 5.02 Å². The van der Waals surface area contributed by atoms with Crippen LogP contribution >= 0.6 is 11.6 Å². The van der Waals surface area contributed by atoms with Crippen LogP contribution in [0.15, 0.2) is 52.4 Å². The fraction of sp³-hybridized carbons (Fsp3) is 0.0625. The number of H-pyrrole nitrogens is 1. The minimum Gasteiger partial charge on any atom is -0.508 e. The molecule has 0 amide bonds. The molecule has 3 aromatic rings. The van der Waals surface area contributed by atoms with E-state index in [9.17, 15) is 15.0 Å². The Bertz CT molecular complexity index is 1000. The van der Waals surface area contributed by atoms with Crippen molar-refractivity contribution >= 4 is 28.3 Å². The minimum atomic E-state index is -1.41. The van der Waals surface area contributed by atoms with Crippen molar-refractivity contribution in [3.8, 4) is 5.75 Å². The van der Waals surface area contributed by atoms with Gasteiger partial charge in [0.15, 0.2) is 5.69 Å². The normalized spacial score (nSPS) is 13.2. The molecular weight excluding hydrogens is 332 g/mol. The summed E-state index contributed by atoms with van der Waals surface area (Å²) in [5.41, 5.74) is 0.199. The zero-order chi connectivity index (χ0) is 17.3. The highest BCUT2D eigenvalue weighted by Gasteiger charge is 2.24. The Kier molecular flexibility index (Phi) is 4.20. The molecule has 0 unspecified atom stereocenters. The highest BCUT2D eigenvalue weighted by molar-refractivity contribution is 6.31. The first-order valence-corrected chi connectivity index (χ1v) is 7.32. The van der Waals surface area contributed by atoms with E-state index in [1.165, 1.54) is 12.1 Å². The van der Waals surface area contributed by atoms with Gasteiger partial charge in [-0.2, -0.15) is 5.10 Å². The highest BCUT2D eigenvalue weighted by Crippen LogP contribution is 2.26. The van der Waals surface area contributed by atoms with Crippen LogP contribution in [0.25, 0.3) is 11.0 Å². The monoisotopic (exact) mass is 344 g/mol. The van der Waals surface area contributed by atoms with E-state index in [0.29, 0.717) is 16.1 Å². The summed E-state index contributed by atoms with van der Waals surface area (Å²) < 4.78 is 0. The molecule has 0 fully saturated rings. The molecule has 0 saturated heterocycles. The summed E-state index contributed by atoms with van der Waals surface area (Å²) in [7, 11) is 0. The number of hydrogen-bond acceptors (Lipinski definition) is 6. The zero-order valence-corrected chi connectivity index (χ0v) is 13.0. The number of hydrazone groups is 1. The number of aliphatic hydroxyl groups excluding tert-OH is 1. The van der Waals surface area contributed by atoms with Gasteiger partial charge >= 0.3 is 0 Å². The van der Waals surface area contributed by atoms with Crippen molar-refractivity contribution in [1.82, 2.24) is 9.97 Å². The van der Waals surface area contributed by atoms with E-state index in [2.05, 4.69) is 15.1 Å². The van der Waals surface area contributed by atoms with Gasteiger partial charge in [0, 0.05) is 10.6 Å². The number of aromatic nitrogens is 2. The average Bonchev–Trinajstić information content (AvgIpc) is 2.56. The van der Waals surface area contributed by atoms with E-state index in [4.69, 9.17) is 17.4 Å². The number of fused-ring (bicyclic) bond motifs is 1. The number of aromatic amines is 1. The van der Waals surface area contributed by atoms with E-state index in [1.807, 2.05) is 0 Å². The van der Waals surface area contributed by atoms with Crippen LogP contribution in [0.3, 0.4) is 0 Å². The van der Waals surface area contributed by atoms with E-state index < -0.39 is 11.7 Å². The van der Waals surface area contributed by atoms with Crippen LogP contribution in [0.5, 0.6) is 5.75 Å². The van der Waals surface area contributed by atoms with Crippen LogP contribution in [-0.2, 0) is 0 Å². The summed E-state index contributed by atoms with van der Waals surface area (Å²) in [6.45, 7) is 0. The molecule has 2 aromatic carbocycles. The number of aromatic hydroxyl groups is 1. The lowest BCUT2D eigenvalue weighted by atomic mass is 10.0. The van der Waals surface area contributed by atoms with Gasteiger partial charge in [0.25, 0.3) is 5.56 Å². The summed E-state index contributed by atoms with van der Waals surface area (Å²) in [6, 6.07) is 11.0. The van der Waals surface area contributed by atoms with Crippen molar-refractivity contribution in [3.63, 3.8) is 0 Å². The second kappa shape index (κ2) is 6.31. The average molecular weight is 345 g/mol. The largest absolute Gasteiger partial charge is 0.508 e. The Morgan fingerprint density at radius 2 is 2.04 bits per heavy atom. The number of nitrogens with two attached hydrogens (primary N) is 1. The van der Waals surface area contributed by atoms with Gasteiger partial charge in [-0.25, -0.2) is 4.98 Å². The van der Waals surface area contributed by atoms with Crippen LogP contribution in [-0.4, -0.2) is 25.9 Å². The second-order valence-electron chi connectivity index (χ2n) is 5.05. The topological polar surface area (TPSA) is 125 Å². The van der Waals surface area contributed by atoms with E-state index >= 15 is 0 Å². The van der Waals surface area contributed by atoms with Crippen molar-refractivity contribution in [3.05, 3.63) is 69.1 Å². The molecule has 0 bridgehead atoms. The van der Waals surface area contributed by atoms with Crippen LogP contribution < -0.4 is 11.4 Å². The lowest BCUT2D eigenvalue weighted by Crippen LogP contribution is -2.26. The van der Waals surface area contributed by atoms with Crippen LogP contribution in [0.4, 0.5) is 0 Å². The van der Waals surface area contributed by atoms with Gasteiger partial charge < -0.3 is 21.0 Å². The number of phenols is 1. The zero-order valence-electron chi connectivity index (χ0n) is 12.3. The standard InChI is InChI=1S/C16H13ClN4O3/c17-8-5-6-10-11(7-8)20-16(24)14(19-10)13(21-18)15(23)9-3-1-2-4-12(9)22/h1-7,15,22-23H,18H2,(H,20,24)/b21-13+/t15-/m1/s1. The van der Waals surface area contributed by atoms with Crippen LogP contribution in [0, 0.1) is 0 Å². The lowest BCUT2D eigenvalue weighted by Gasteiger charge is -2.14. The maximum Gasteiger partial charge on any atom is 0.276 e. The first-order valence-electron chi connectivity index (χ1n) is 6.95. The third-order valence-electron chi connectivity index (χ3n) is 3.53. The number of halogens is 1. The van der Waals surface area contributed by atoms with Gasteiger partial charge in [-0.3, -0.25) is 4.79 Å². The SMILES string of the molecule is N/N=C(\c1nc2ccc(Cl)cc2[nH]c1=O)[C@H](O)c1ccccc1O.